The maximum Gasteiger partial charge on any atom is 0.268 e. The van der Waals surface area contributed by atoms with Gasteiger partial charge in [-0.05, 0) is 25.8 Å². The van der Waals surface area contributed by atoms with Crippen LogP contribution in [0.15, 0.2) is 30.7 Å². The summed E-state index contributed by atoms with van der Waals surface area (Å²) in [5, 5.41) is 0. The number of ether oxygens (including phenoxy) is 2. The maximum absolute atomic E-state index is 14.3. The van der Waals surface area contributed by atoms with Gasteiger partial charge in [0.2, 0.25) is 5.88 Å². The monoisotopic (exact) mass is 388 g/mol. The van der Waals surface area contributed by atoms with Crippen LogP contribution in [0.3, 0.4) is 0 Å². The van der Waals surface area contributed by atoms with Crippen LogP contribution in [0.2, 0.25) is 0 Å². The summed E-state index contributed by atoms with van der Waals surface area (Å²) in [5.41, 5.74) is -0.779. The summed E-state index contributed by atoms with van der Waals surface area (Å²) < 4.78 is 25.5. The van der Waals surface area contributed by atoms with Gasteiger partial charge in [-0.1, -0.05) is 13.8 Å². The molecule has 2 aromatic heterocycles. The summed E-state index contributed by atoms with van der Waals surface area (Å²) in [6.07, 6.45) is 4.70. The fourth-order valence-corrected chi connectivity index (χ4v) is 2.61. The molecule has 7 nitrogen and oxygen atoms in total. The van der Waals surface area contributed by atoms with E-state index in [1.807, 2.05) is 0 Å². The van der Waals surface area contributed by atoms with Crippen molar-refractivity contribution in [2.45, 2.75) is 45.9 Å². The molecule has 1 fully saturated rings. The summed E-state index contributed by atoms with van der Waals surface area (Å²) in [6, 6.07) is 3.27. The third kappa shape index (κ3) is 4.55. The van der Waals surface area contributed by atoms with E-state index in [1.165, 1.54) is 13.1 Å². The molecule has 0 spiro atoms. The van der Waals surface area contributed by atoms with Crippen molar-refractivity contribution in [2.75, 3.05) is 18.1 Å². The fraction of sp³-hybridized carbons (Fsp3) is 0.500. The molecular formula is C20H25FN4O3. The molecule has 0 aromatic carbocycles. The minimum Gasteiger partial charge on any atom is -0.479 e. The van der Waals surface area contributed by atoms with Gasteiger partial charge in [-0.15, -0.1) is 0 Å². The Labute approximate surface area is 163 Å². The average Bonchev–Trinajstić information content (AvgIpc) is 3.02. The molecule has 1 saturated heterocycles. The number of halogens is 1. The van der Waals surface area contributed by atoms with Crippen molar-refractivity contribution in [3.8, 4) is 11.6 Å². The topological polar surface area (TPSA) is 77.4 Å². The van der Waals surface area contributed by atoms with Crippen molar-refractivity contribution in [2.24, 2.45) is 5.92 Å². The molecule has 150 valence electrons. The summed E-state index contributed by atoms with van der Waals surface area (Å²) in [6.45, 7) is 7.36. The molecule has 0 radical (unpaired) electrons. The molecule has 2 atom stereocenters. The molecule has 28 heavy (non-hydrogen) atoms. The number of alkyl halides is 1. The predicted octanol–water partition coefficient (Wildman–Crippen LogP) is 3.13. The highest BCUT2D eigenvalue weighted by Gasteiger charge is 2.34. The van der Waals surface area contributed by atoms with Crippen molar-refractivity contribution in [1.82, 2.24) is 15.0 Å². The van der Waals surface area contributed by atoms with E-state index in [0.29, 0.717) is 36.1 Å². The first-order valence-corrected chi connectivity index (χ1v) is 9.31. The Balaban J connectivity index is 1.57. The predicted molar refractivity (Wildman–Crippen MR) is 102 cm³/mol. The van der Waals surface area contributed by atoms with Gasteiger partial charge in [0.15, 0.2) is 6.10 Å². The molecular weight excluding hydrogens is 363 g/mol. The van der Waals surface area contributed by atoms with Crippen molar-refractivity contribution >= 4 is 11.6 Å². The highest BCUT2D eigenvalue weighted by molar-refractivity contribution is 5.98. The Morgan fingerprint density at radius 3 is 2.57 bits per heavy atom. The largest absolute Gasteiger partial charge is 0.479 e. The van der Waals surface area contributed by atoms with E-state index in [-0.39, 0.29) is 18.4 Å². The van der Waals surface area contributed by atoms with Gasteiger partial charge in [-0.3, -0.25) is 4.79 Å². The van der Waals surface area contributed by atoms with E-state index in [0.717, 1.165) is 0 Å². The molecule has 1 amide bonds. The van der Waals surface area contributed by atoms with Crippen molar-refractivity contribution in [1.29, 1.82) is 0 Å². The van der Waals surface area contributed by atoms with Crippen molar-refractivity contribution in [3.05, 3.63) is 36.5 Å². The third-order valence-electron chi connectivity index (χ3n) is 4.93. The number of carbonyl (C=O) groups excluding carboxylic acids is 1. The van der Waals surface area contributed by atoms with Crippen LogP contribution in [0.25, 0.3) is 0 Å². The number of rotatable bonds is 7. The zero-order valence-electron chi connectivity index (χ0n) is 16.6. The summed E-state index contributed by atoms with van der Waals surface area (Å²) in [4.78, 5) is 26.6. The summed E-state index contributed by atoms with van der Waals surface area (Å²) in [7, 11) is 0. The van der Waals surface area contributed by atoms with Crippen LogP contribution < -0.4 is 14.4 Å². The highest BCUT2D eigenvalue weighted by Crippen LogP contribution is 2.26. The second-order valence-corrected chi connectivity index (χ2v) is 7.43. The van der Waals surface area contributed by atoms with Crippen LogP contribution >= 0.6 is 0 Å². The molecule has 0 bridgehead atoms. The Kier molecular flexibility index (Phi) is 5.76. The van der Waals surface area contributed by atoms with E-state index in [1.54, 1.807) is 50.2 Å². The number of pyridine rings is 1. The van der Waals surface area contributed by atoms with Crippen LogP contribution in [0, 0.1) is 12.8 Å². The third-order valence-corrected chi connectivity index (χ3v) is 4.93. The number of carbonyl (C=O) groups is 1. The number of aryl methyl sites for hydroxylation is 1. The normalized spacial score (nSPS) is 19.0. The number of hydrogen-bond donors (Lipinski definition) is 0. The molecule has 1 aliphatic rings. The Hall–Kier alpha value is -2.77. The van der Waals surface area contributed by atoms with Crippen LogP contribution in [0.4, 0.5) is 10.1 Å². The number of hydrogen-bond acceptors (Lipinski definition) is 6. The zero-order chi connectivity index (χ0) is 20.3. The van der Waals surface area contributed by atoms with Crippen LogP contribution in [-0.4, -0.2) is 45.8 Å². The first-order valence-electron chi connectivity index (χ1n) is 9.31. The second kappa shape index (κ2) is 8.08. The molecule has 8 heteroatoms. The first kappa shape index (κ1) is 20.0. The summed E-state index contributed by atoms with van der Waals surface area (Å²) in [5.74, 6) is 1.12. The van der Waals surface area contributed by atoms with Crippen LogP contribution in [0.1, 0.15) is 33.0 Å². The standard InChI is InChI=1S/C20H25FN4O3/c1-13(2)20(4,21)12-27-18-6-5-16(11-24-18)28-17-7-8-25(19(17)26)15-9-22-14(3)23-10-15/h5-6,9-11,13,17H,7-8,12H2,1-4H3/t17-,20?/m1/s1. The lowest BCUT2D eigenvalue weighted by Gasteiger charge is -2.24. The zero-order valence-corrected chi connectivity index (χ0v) is 16.6. The van der Waals surface area contributed by atoms with Gasteiger partial charge in [-0.2, -0.15) is 0 Å². The van der Waals surface area contributed by atoms with Gasteiger partial charge in [0.05, 0.1) is 24.3 Å². The SMILES string of the molecule is Cc1ncc(N2CC[C@@H](Oc3ccc(OCC(C)(F)C(C)C)nc3)C2=O)cn1. The smallest absolute Gasteiger partial charge is 0.268 e. The van der Waals surface area contributed by atoms with E-state index < -0.39 is 11.8 Å². The van der Waals surface area contributed by atoms with Gasteiger partial charge in [-0.25, -0.2) is 19.3 Å². The lowest BCUT2D eigenvalue weighted by molar-refractivity contribution is -0.122. The van der Waals surface area contributed by atoms with E-state index in [9.17, 15) is 9.18 Å². The van der Waals surface area contributed by atoms with Crippen LogP contribution in [0.5, 0.6) is 11.6 Å². The van der Waals surface area contributed by atoms with Gasteiger partial charge >= 0.3 is 0 Å². The fourth-order valence-electron chi connectivity index (χ4n) is 2.61. The quantitative estimate of drug-likeness (QED) is 0.725. The van der Waals surface area contributed by atoms with Gasteiger partial charge in [0.1, 0.15) is 23.8 Å². The van der Waals surface area contributed by atoms with Gasteiger partial charge in [0, 0.05) is 19.0 Å². The number of amides is 1. The average molecular weight is 388 g/mol. The summed E-state index contributed by atoms with van der Waals surface area (Å²) >= 11 is 0. The molecule has 3 heterocycles. The van der Waals surface area contributed by atoms with E-state index in [4.69, 9.17) is 9.47 Å². The molecule has 3 rings (SSSR count). The number of nitrogens with zero attached hydrogens (tertiary/aromatic N) is 4. The lowest BCUT2D eigenvalue weighted by atomic mass is 9.96. The molecule has 0 saturated carbocycles. The Morgan fingerprint density at radius 1 is 1.25 bits per heavy atom. The molecule has 0 N–H and O–H groups in total. The second-order valence-electron chi connectivity index (χ2n) is 7.43. The molecule has 1 aliphatic heterocycles. The van der Waals surface area contributed by atoms with E-state index in [2.05, 4.69) is 15.0 Å². The molecule has 1 unspecified atom stereocenters. The van der Waals surface area contributed by atoms with Gasteiger partial charge < -0.3 is 14.4 Å². The maximum atomic E-state index is 14.3. The van der Waals surface area contributed by atoms with Crippen molar-refractivity contribution in [3.63, 3.8) is 0 Å². The minimum absolute atomic E-state index is 0.0768. The first-order chi connectivity index (χ1) is 13.3. The van der Waals surface area contributed by atoms with Gasteiger partial charge in [0.25, 0.3) is 5.91 Å². The number of aromatic nitrogens is 3. The minimum atomic E-state index is -1.43. The molecule has 2 aromatic rings. The van der Waals surface area contributed by atoms with Crippen molar-refractivity contribution < 1.29 is 18.7 Å². The molecule has 0 aliphatic carbocycles. The van der Waals surface area contributed by atoms with Crippen LogP contribution in [-0.2, 0) is 4.79 Å². The number of anilines is 1. The highest BCUT2D eigenvalue weighted by atomic mass is 19.1. The van der Waals surface area contributed by atoms with E-state index >= 15 is 0 Å². The lowest BCUT2D eigenvalue weighted by Crippen LogP contribution is -2.33. The Bertz CT molecular complexity index is 809. The Morgan fingerprint density at radius 2 is 1.96 bits per heavy atom.